The molecule has 27 heavy (non-hydrogen) atoms. The van der Waals surface area contributed by atoms with E-state index in [-0.39, 0.29) is 5.91 Å². The van der Waals surface area contributed by atoms with Gasteiger partial charge in [-0.05, 0) is 67.1 Å². The van der Waals surface area contributed by atoms with E-state index >= 15 is 0 Å². The molecule has 1 N–H and O–H groups in total. The van der Waals surface area contributed by atoms with Crippen molar-refractivity contribution < 1.29 is 19.4 Å². The number of ether oxygens (including phenoxy) is 2. The first-order valence-corrected chi connectivity index (χ1v) is 9.49. The van der Waals surface area contributed by atoms with E-state index in [2.05, 4.69) is 0 Å². The Bertz CT molecular complexity index is 719. The molecule has 1 aliphatic rings. The van der Waals surface area contributed by atoms with Crippen LogP contribution in [0.5, 0.6) is 17.2 Å². The van der Waals surface area contributed by atoms with Gasteiger partial charge in [0.25, 0.3) is 0 Å². The normalized spacial score (nSPS) is 14.8. The summed E-state index contributed by atoms with van der Waals surface area (Å²) < 4.78 is 10.8. The zero-order valence-electron chi connectivity index (χ0n) is 15.8. The predicted octanol–water partition coefficient (Wildman–Crippen LogP) is 3.97. The van der Waals surface area contributed by atoms with Crippen molar-refractivity contribution in [1.29, 1.82) is 0 Å². The second-order valence-corrected chi connectivity index (χ2v) is 6.87. The third-order valence-corrected chi connectivity index (χ3v) is 5.08. The van der Waals surface area contributed by atoms with Gasteiger partial charge in [0.15, 0.2) is 0 Å². The standard InChI is InChI=1S/C22H27NO4/c1-26-20-8-10-21(11-9-20)27-16-2-3-22(25)23-14-12-18(13-15-23)17-4-6-19(24)7-5-17/h4-11,18,24H,2-3,12-16H2,1H3. The van der Waals surface area contributed by atoms with Crippen LogP contribution in [-0.4, -0.2) is 42.7 Å². The maximum atomic E-state index is 12.4. The second-order valence-electron chi connectivity index (χ2n) is 6.87. The van der Waals surface area contributed by atoms with Crippen LogP contribution >= 0.6 is 0 Å². The van der Waals surface area contributed by atoms with Gasteiger partial charge in [0.1, 0.15) is 17.2 Å². The number of amides is 1. The van der Waals surface area contributed by atoms with Crippen LogP contribution in [0.4, 0.5) is 0 Å². The van der Waals surface area contributed by atoms with Gasteiger partial charge in [-0.1, -0.05) is 12.1 Å². The lowest BCUT2D eigenvalue weighted by Gasteiger charge is -2.32. The molecule has 1 heterocycles. The van der Waals surface area contributed by atoms with Crippen LogP contribution in [0.2, 0.25) is 0 Å². The zero-order valence-corrected chi connectivity index (χ0v) is 15.8. The first-order chi connectivity index (χ1) is 13.2. The molecule has 0 radical (unpaired) electrons. The third-order valence-electron chi connectivity index (χ3n) is 5.08. The highest BCUT2D eigenvalue weighted by Gasteiger charge is 2.23. The fourth-order valence-corrected chi connectivity index (χ4v) is 3.45. The van der Waals surface area contributed by atoms with E-state index in [9.17, 15) is 9.90 Å². The number of benzene rings is 2. The molecule has 0 aliphatic carbocycles. The molecule has 0 saturated carbocycles. The SMILES string of the molecule is COc1ccc(OCCCC(=O)N2CCC(c3ccc(O)cc3)CC2)cc1. The molecule has 0 spiro atoms. The van der Waals surface area contributed by atoms with Gasteiger partial charge in [0.05, 0.1) is 13.7 Å². The van der Waals surface area contributed by atoms with Crippen molar-refractivity contribution in [3.05, 3.63) is 54.1 Å². The van der Waals surface area contributed by atoms with Crippen LogP contribution in [0, 0.1) is 0 Å². The maximum Gasteiger partial charge on any atom is 0.222 e. The number of hydrogen-bond donors (Lipinski definition) is 1. The molecule has 2 aromatic carbocycles. The van der Waals surface area contributed by atoms with E-state index in [1.807, 2.05) is 41.3 Å². The first kappa shape index (κ1) is 19.1. The fraction of sp³-hybridized carbons (Fsp3) is 0.409. The molecule has 1 aliphatic heterocycles. The van der Waals surface area contributed by atoms with Gasteiger partial charge >= 0.3 is 0 Å². The molecule has 5 nitrogen and oxygen atoms in total. The molecule has 1 fully saturated rings. The van der Waals surface area contributed by atoms with Crippen molar-refractivity contribution >= 4 is 5.91 Å². The van der Waals surface area contributed by atoms with Crippen molar-refractivity contribution in [1.82, 2.24) is 4.90 Å². The van der Waals surface area contributed by atoms with E-state index in [1.54, 1.807) is 19.2 Å². The Kier molecular flexibility index (Phi) is 6.58. The summed E-state index contributed by atoms with van der Waals surface area (Å²) >= 11 is 0. The fourth-order valence-electron chi connectivity index (χ4n) is 3.45. The molecule has 0 atom stereocenters. The van der Waals surface area contributed by atoms with Gasteiger partial charge in [-0.3, -0.25) is 4.79 Å². The van der Waals surface area contributed by atoms with Gasteiger partial charge in [0, 0.05) is 19.5 Å². The molecule has 1 amide bonds. The van der Waals surface area contributed by atoms with Crippen LogP contribution in [0.1, 0.15) is 37.2 Å². The van der Waals surface area contributed by atoms with E-state index in [0.29, 0.717) is 31.1 Å². The van der Waals surface area contributed by atoms with Gasteiger partial charge in [-0.2, -0.15) is 0 Å². The zero-order chi connectivity index (χ0) is 19.1. The summed E-state index contributed by atoms with van der Waals surface area (Å²) in [5.41, 5.74) is 1.24. The molecule has 0 aromatic heterocycles. The molecule has 144 valence electrons. The number of phenolic OH excluding ortho intramolecular Hbond substituents is 1. The summed E-state index contributed by atoms with van der Waals surface area (Å²) in [6.07, 6.45) is 3.17. The molecule has 2 aromatic rings. The molecule has 3 rings (SSSR count). The largest absolute Gasteiger partial charge is 0.508 e. The number of aromatic hydroxyl groups is 1. The van der Waals surface area contributed by atoms with Crippen LogP contribution in [0.15, 0.2) is 48.5 Å². The highest BCUT2D eigenvalue weighted by molar-refractivity contribution is 5.76. The Labute approximate surface area is 160 Å². The van der Waals surface area contributed by atoms with E-state index in [0.717, 1.165) is 37.4 Å². The lowest BCUT2D eigenvalue weighted by Crippen LogP contribution is -2.37. The van der Waals surface area contributed by atoms with Crippen LogP contribution < -0.4 is 9.47 Å². The summed E-state index contributed by atoms with van der Waals surface area (Å²) in [5, 5.41) is 9.40. The summed E-state index contributed by atoms with van der Waals surface area (Å²) in [4.78, 5) is 14.4. The number of methoxy groups -OCH3 is 1. The number of phenols is 1. The minimum atomic E-state index is 0.206. The second kappa shape index (κ2) is 9.31. The van der Waals surface area contributed by atoms with Gasteiger partial charge in [-0.15, -0.1) is 0 Å². The van der Waals surface area contributed by atoms with E-state index in [4.69, 9.17) is 9.47 Å². The predicted molar refractivity (Wildman–Crippen MR) is 104 cm³/mol. The van der Waals surface area contributed by atoms with E-state index < -0.39 is 0 Å². The molecular weight excluding hydrogens is 342 g/mol. The number of likely N-dealkylation sites (tertiary alicyclic amines) is 1. The Morgan fingerprint density at radius 1 is 1.04 bits per heavy atom. The summed E-state index contributed by atoms with van der Waals surface area (Å²) in [6, 6.07) is 14.9. The van der Waals surface area contributed by atoms with Crippen molar-refractivity contribution in [3.63, 3.8) is 0 Å². The minimum absolute atomic E-state index is 0.206. The number of rotatable bonds is 7. The van der Waals surface area contributed by atoms with Crippen molar-refractivity contribution in [2.24, 2.45) is 0 Å². The molecule has 1 saturated heterocycles. The quantitative estimate of drug-likeness (QED) is 0.751. The van der Waals surface area contributed by atoms with Crippen molar-refractivity contribution in [2.75, 3.05) is 26.8 Å². The van der Waals surface area contributed by atoms with Gasteiger partial charge in [-0.25, -0.2) is 0 Å². The van der Waals surface area contributed by atoms with Gasteiger partial charge < -0.3 is 19.5 Å². The summed E-state index contributed by atoms with van der Waals surface area (Å²) in [7, 11) is 1.63. The van der Waals surface area contributed by atoms with E-state index in [1.165, 1.54) is 5.56 Å². The highest BCUT2D eigenvalue weighted by Crippen LogP contribution is 2.29. The van der Waals surface area contributed by atoms with Crippen LogP contribution in [0.3, 0.4) is 0 Å². The Hall–Kier alpha value is -2.69. The lowest BCUT2D eigenvalue weighted by molar-refractivity contribution is -0.132. The number of carbonyl (C=O) groups is 1. The van der Waals surface area contributed by atoms with Crippen LogP contribution in [-0.2, 0) is 4.79 Å². The maximum absolute atomic E-state index is 12.4. The lowest BCUT2D eigenvalue weighted by atomic mass is 9.89. The van der Waals surface area contributed by atoms with Gasteiger partial charge in [0.2, 0.25) is 5.91 Å². The Morgan fingerprint density at radius 2 is 1.67 bits per heavy atom. The van der Waals surface area contributed by atoms with Crippen LogP contribution in [0.25, 0.3) is 0 Å². The number of piperidine rings is 1. The average molecular weight is 369 g/mol. The minimum Gasteiger partial charge on any atom is -0.508 e. The molecule has 5 heteroatoms. The summed E-state index contributed by atoms with van der Waals surface area (Å²) in [6.45, 7) is 2.12. The topological polar surface area (TPSA) is 59.0 Å². The highest BCUT2D eigenvalue weighted by atomic mass is 16.5. The smallest absolute Gasteiger partial charge is 0.222 e. The van der Waals surface area contributed by atoms with Crippen molar-refractivity contribution in [3.8, 4) is 17.2 Å². The first-order valence-electron chi connectivity index (χ1n) is 9.49. The number of carbonyl (C=O) groups excluding carboxylic acids is 1. The summed E-state index contributed by atoms with van der Waals surface area (Å²) in [5.74, 6) is 2.56. The molecular formula is C22H27NO4. The molecule has 0 unspecified atom stereocenters. The number of hydrogen-bond acceptors (Lipinski definition) is 4. The monoisotopic (exact) mass is 369 g/mol. The number of nitrogens with zero attached hydrogens (tertiary/aromatic N) is 1. The Balaban J connectivity index is 1.36. The Morgan fingerprint density at radius 3 is 2.30 bits per heavy atom. The third kappa shape index (κ3) is 5.39. The van der Waals surface area contributed by atoms with Crippen molar-refractivity contribution in [2.45, 2.75) is 31.6 Å². The average Bonchev–Trinajstić information content (AvgIpc) is 2.72. The molecule has 0 bridgehead atoms.